The summed E-state index contributed by atoms with van der Waals surface area (Å²) in [6, 6.07) is 0.419. The van der Waals surface area contributed by atoms with Crippen molar-refractivity contribution in [2.24, 2.45) is 5.73 Å². The van der Waals surface area contributed by atoms with Gasteiger partial charge in [-0.25, -0.2) is 0 Å². The highest BCUT2D eigenvalue weighted by atomic mass is 16.5. The first-order valence-electron chi connectivity index (χ1n) is 7.75. The van der Waals surface area contributed by atoms with Gasteiger partial charge in [0.1, 0.15) is 0 Å². The Labute approximate surface area is 106 Å². The Hall–Kier alpha value is -0.0800. The molecule has 0 aromatic rings. The predicted molar refractivity (Wildman–Crippen MR) is 72.0 cm³/mol. The molecule has 2 N–H and O–H groups in total. The van der Waals surface area contributed by atoms with E-state index in [0.29, 0.717) is 18.2 Å². The smallest absolute Gasteiger partial charge is 0.0608 e. The number of ether oxygens (including phenoxy) is 1. The molecule has 0 heterocycles. The molecule has 2 nitrogen and oxygen atoms in total. The van der Waals surface area contributed by atoms with E-state index in [9.17, 15) is 0 Å². The summed E-state index contributed by atoms with van der Waals surface area (Å²) in [5, 5.41) is 0. The Morgan fingerprint density at radius 3 is 1.59 bits per heavy atom. The number of nitrogens with two attached hydrogens (primary N) is 1. The van der Waals surface area contributed by atoms with Gasteiger partial charge in [-0.1, -0.05) is 51.4 Å². The topological polar surface area (TPSA) is 35.2 Å². The maximum atomic E-state index is 6.19. The van der Waals surface area contributed by atoms with Crippen molar-refractivity contribution in [3.05, 3.63) is 0 Å². The largest absolute Gasteiger partial charge is 0.375 e. The van der Waals surface area contributed by atoms with Crippen molar-refractivity contribution in [3.8, 4) is 0 Å². The van der Waals surface area contributed by atoms with Crippen LogP contribution in [0.1, 0.15) is 77.0 Å². The Morgan fingerprint density at radius 1 is 0.647 bits per heavy atom. The fraction of sp³-hybridized carbons (Fsp3) is 1.00. The van der Waals surface area contributed by atoms with Crippen molar-refractivity contribution in [1.82, 2.24) is 0 Å². The molecule has 2 aliphatic rings. The van der Waals surface area contributed by atoms with Gasteiger partial charge >= 0.3 is 0 Å². The Bertz CT molecular complexity index is 189. The Balaban J connectivity index is 1.68. The third-order valence-electron chi connectivity index (χ3n) is 4.32. The molecule has 0 radical (unpaired) electrons. The SMILES string of the molecule is N[C@H]1C[C@@H](OC2CCCCCCCCCC2)C1. The maximum absolute atomic E-state index is 6.19. The summed E-state index contributed by atoms with van der Waals surface area (Å²) in [5.41, 5.74) is 5.82. The highest BCUT2D eigenvalue weighted by Gasteiger charge is 2.28. The molecule has 0 unspecified atom stereocenters. The zero-order valence-corrected chi connectivity index (χ0v) is 11.2. The van der Waals surface area contributed by atoms with Gasteiger partial charge in [0.25, 0.3) is 0 Å². The molecule has 17 heavy (non-hydrogen) atoms. The fourth-order valence-electron chi connectivity index (χ4n) is 3.07. The van der Waals surface area contributed by atoms with Crippen LogP contribution in [0.2, 0.25) is 0 Å². The summed E-state index contributed by atoms with van der Waals surface area (Å²) in [6.45, 7) is 0. The lowest BCUT2D eigenvalue weighted by molar-refractivity contribution is -0.0661. The summed E-state index contributed by atoms with van der Waals surface area (Å²) in [7, 11) is 0. The summed E-state index contributed by atoms with van der Waals surface area (Å²) in [6.07, 6.45) is 17.1. The third-order valence-corrected chi connectivity index (χ3v) is 4.32. The van der Waals surface area contributed by atoms with Crippen molar-refractivity contribution < 1.29 is 4.74 Å². The van der Waals surface area contributed by atoms with Crippen molar-refractivity contribution >= 4 is 0 Å². The maximum Gasteiger partial charge on any atom is 0.0608 e. The number of rotatable bonds is 2. The van der Waals surface area contributed by atoms with E-state index in [2.05, 4.69) is 0 Å². The molecule has 0 atom stereocenters. The highest BCUT2D eigenvalue weighted by molar-refractivity contribution is 4.84. The van der Waals surface area contributed by atoms with Crippen molar-refractivity contribution in [3.63, 3.8) is 0 Å². The monoisotopic (exact) mass is 239 g/mol. The van der Waals surface area contributed by atoms with E-state index in [1.807, 2.05) is 0 Å². The lowest BCUT2D eigenvalue weighted by Crippen LogP contribution is -2.43. The van der Waals surface area contributed by atoms with E-state index < -0.39 is 0 Å². The molecule has 0 spiro atoms. The molecule has 0 aliphatic heterocycles. The molecule has 0 bridgehead atoms. The van der Waals surface area contributed by atoms with Gasteiger partial charge in [0, 0.05) is 6.04 Å². The molecule has 0 aromatic heterocycles. The minimum atomic E-state index is 0.419. The van der Waals surface area contributed by atoms with Crippen LogP contribution in [0.25, 0.3) is 0 Å². The number of hydrogen-bond donors (Lipinski definition) is 1. The molecule has 0 saturated heterocycles. The van der Waals surface area contributed by atoms with Crippen LogP contribution in [0, 0.1) is 0 Å². The van der Waals surface area contributed by atoms with Crippen LogP contribution >= 0.6 is 0 Å². The highest BCUT2D eigenvalue weighted by Crippen LogP contribution is 2.26. The van der Waals surface area contributed by atoms with E-state index in [0.717, 1.165) is 12.8 Å². The normalized spacial score (nSPS) is 33.7. The van der Waals surface area contributed by atoms with Crippen LogP contribution in [0.3, 0.4) is 0 Å². The first kappa shape index (κ1) is 13.4. The van der Waals surface area contributed by atoms with E-state index in [1.54, 1.807) is 0 Å². The van der Waals surface area contributed by atoms with Gasteiger partial charge in [0.2, 0.25) is 0 Å². The van der Waals surface area contributed by atoms with Crippen LogP contribution in [-0.4, -0.2) is 18.2 Å². The molecule has 2 fully saturated rings. The minimum Gasteiger partial charge on any atom is -0.375 e. The molecule has 100 valence electrons. The zero-order valence-electron chi connectivity index (χ0n) is 11.2. The van der Waals surface area contributed by atoms with E-state index in [1.165, 1.54) is 64.2 Å². The minimum absolute atomic E-state index is 0.419. The van der Waals surface area contributed by atoms with Gasteiger partial charge in [-0.05, 0) is 25.7 Å². The number of hydrogen-bond acceptors (Lipinski definition) is 2. The quantitative estimate of drug-likeness (QED) is 0.796. The van der Waals surface area contributed by atoms with Crippen molar-refractivity contribution in [2.45, 2.75) is 95.3 Å². The first-order chi connectivity index (χ1) is 8.34. The summed E-state index contributed by atoms with van der Waals surface area (Å²) < 4.78 is 6.19. The molecule has 0 amide bonds. The van der Waals surface area contributed by atoms with Gasteiger partial charge in [-0.15, -0.1) is 0 Å². The van der Waals surface area contributed by atoms with Gasteiger partial charge in [-0.3, -0.25) is 0 Å². The van der Waals surface area contributed by atoms with Crippen LogP contribution < -0.4 is 5.73 Å². The van der Waals surface area contributed by atoms with Crippen LogP contribution in [0.4, 0.5) is 0 Å². The molecular formula is C15H29NO. The van der Waals surface area contributed by atoms with Crippen LogP contribution in [0.5, 0.6) is 0 Å². The van der Waals surface area contributed by atoms with Gasteiger partial charge < -0.3 is 10.5 Å². The lowest BCUT2D eigenvalue weighted by Gasteiger charge is -2.35. The average Bonchev–Trinajstić information content (AvgIpc) is 2.33. The zero-order chi connectivity index (χ0) is 11.9. The molecule has 2 rings (SSSR count). The Kier molecular flexibility index (Phi) is 5.79. The van der Waals surface area contributed by atoms with E-state index >= 15 is 0 Å². The summed E-state index contributed by atoms with van der Waals surface area (Å²) in [5.74, 6) is 0. The third kappa shape index (κ3) is 4.97. The Morgan fingerprint density at radius 2 is 1.12 bits per heavy atom. The second-order valence-corrected chi connectivity index (χ2v) is 6.02. The molecular weight excluding hydrogens is 210 g/mol. The van der Waals surface area contributed by atoms with Crippen LogP contribution in [-0.2, 0) is 4.74 Å². The van der Waals surface area contributed by atoms with E-state index in [-0.39, 0.29) is 0 Å². The second kappa shape index (κ2) is 7.38. The standard InChI is InChI=1S/C15H29NO/c16-13-11-15(12-13)17-14-9-7-5-3-1-2-4-6-8-10-14/h13-15H,1-12,16H2/t13-,15+. The molecule has 2 aliphatic carbocycles. The summed E-state index contributed by atoms with van der Waals surface area (Å²) >= 11 is 0. The fourth-order valence-corrected chi connectivity index (χ4v) is 3.07. The van der Waals surface area contributed by atoms with Crippen LogP contribution in [0.15, 0.2) is 0 Å². The second-order valence-electron chi connectivity index (χ2n) is 6.02. The molecule has 2 saturated carbocycles. The molecule has 0 aromatic carbocycles. The molecule has 2 heteroatoms. The van der Waals surface area contributed by atoms with E-state index in [4.69, 9.17) is 10.5 Å². The average molecular weight is 239 g/mol. The van der Waals surface area contributed by atoms with Gasteiger partial charge in [0.05, 0.1) is 12.2 Å². The first-order valence-corrected chi connectivity index (χ1v) is 7.75. The van der Waals surface area contributed by atoms with Gasteiger partial charge in [0.15, 0.2) is 0 Å². The summed E-state index contributed by atoms with van der Waals surface area (Å²) in [4.78, 5) is 0. The predicted octanol–water partition coefficient (Wildman–Crippen LogP) is 3.78. The lowest BCUT2D eigenvalue weighted by atomic mass is 9.90. The van der Waals surface area contributed by atoms with Crippen molar-refractivity contribution in [1.29, 1.82) is 0 Å². The van der Waals surface area contributed by atoms with Crippen molar-refractivity contribution in [2.75, 3.05) is 0 Å². The van der Waals surface area contributed by atoms with Gasteiger partial charge in [-0.2, -0.15) is 0 Å².